The molecular formula is C70H77N10O10PSSi. The Balaban J connectivity index is 0.813. The van der Waals surface area contributed by atoms with E-state index >= 15 is 9.59 Å². The molecular weight excluding hydrogens is 1230 g/mol. The third-order valence-electron chi connectivity index (χ3n) is 18.1. The number of aromatic nitrogens is 8. The lowest BCUT2D eigenvalue weighted by Gasteiger charge is -2.40. The van der Waals surface area contributed by atoms with Crippen LogP contribution in [0.3, 0.4) is 0 Å². The summed E-state index contributed by atoms with van der Waals surface area (Å²) in [6.45, 7) is 9.48. The third-order valence-corrected chi connectivity index (χ3v) is 24.9. The zero-order valence-electron chi connectivity index (χ0n) is 53.2. The lowest BCUT2D eigenvalue weighted by Crippen LogP contribution is -2.50. The molecule has 9 atom stereocenters. The third kappa shape index (κ3) is 13.5. The molecule has 482 valence electrons. The Morgan fingerprint density at radius 3 is 1.33 bits per heavy atom. The molecule has 3 fully saturated rings. The van der Waals surface area contributed by atoms with Gasteiger partial charge in [0.25, 0.3) is 11.1 Å². The number of hydrogen-bond acceptors (Lipinski definition) is 17. The van der Waals surface area contributed by atoms with Crippen LogP contribution in [-0.2, 0) is 88.0 Å². The SMILES string of the molecule is CO[C@@H]1[C@H](O[Si](C)(C)C(C)(C)C)[C@@H](CO[P@]2(=S)OC[C@H]3O[C@@H](n4cnc5c(=O)n(Cc6ccccc6)c(N(Cc6ccccc6)Cc6ccccc6)nc54)[C@H](OC)[C@@H]3O2)O[C@H]1n1cnc2c(=O)n(Cc3ccccc3)c(N(Cc3ccccc3)Cc3ccccc3)nc21. The van der Waals surface area contributed by atoms with Gasteiger partial charge in [0.05, 0.1) is 39.0 Å². The van der Waals surface area contributed by atoms with E-state index in [1.54, 1.807) is 45.1 Å². The first-order valence-electron chi connectivity index (χ1n) is 31.4. The second kappa shape index (κ2) is 27.2. The van der Waals surface area contributed by atoms with Crippen LogP contribution in [-0.4, -0.2) is 111 Å². The maximum atomic E-state index is 15.2. The molecule has 13 rings (SSSR count). The summed E-state index contributed by atoms with van der Waals surface area (Å²) in [5.41, 5.74) is 6.38. The molecule has 0 radical (unpaired) electrons. The van der Waals surface area contributed by atoms with Crippen molar-refractivity contribution >= 4 is 61.1 Å². The average molecular weight is 1310 g/mol. The standard InChI is InChI=1S/C70H77N10O10PSSi/c1-70(2,3)93(6,7)90-59-55(88-67(61(59)84-5)80-47-72-57-63(80)74-69(78(65(57)82)43-53-36-24-13-25-37-53)76(40-50-30-18-10-19-31-50)41-51-32-20-11-21-33-51)45-86-91(92)85-44-54-58(89-91)60(83-4)66(87-54)79-46-71-56-62(79)73-68(77(64(56)81)42-52-34-22-12-23-35-52)75(38-48-26-14-8-15-27-48)39-49-28-16-9-17-29-49/h8-37,46-47,54-55,58-61,66-67H,38-45H2,1-7H3/t54-,55-,58-,59-,60-,61-,66-,67-,91-/m1/s1. The molecule has 10 aromatic rings. The predicted octanol–water partition coefficient (Wildman–Crippen LogP) is 11.6. The van der Waals surface area contributed by atoms with E-state index in [1.165, 1.54) is 0 Å². The minimum absolute atomic E-state index is 0.0105. The molecule has 0 amide bonds. The second-order valence-corrected chi connectivity index (χ2v) is 33.1. The number of benzene rings is 6. The summed E-state index contributed by atoms with van der Waals surface area (Å²) in [6, 6.07) is 60.3. The Labute approximate surface area is 546 Å². The van der Waals surface area contributed by atoms with E-state index in [1.807, 2.05) is 133 Å². The van der Waals surface area contributed by atoms with Gasteiger partial charge >= 0.3 is 6.72 Å². The number of fused-ring (bicyclic) bond motifs is 3. The molecule has 3 aliphatic heterocycles. The molecule has 6 aromatic carbocycles. The fraction of sp³-hybridized carbons (Fsp3) is 0.343. The highest BCUT2D eigenvalue weighted by Gasteiger charge is 2.55. The van der Waals surface area contributed by atoms with Gasteiger partial charge in [-0.1, -0.05) is 203 Å². The maximum absolute atomic E-state index is 15.2. The van der Waals surface area contributed by atoms with Crippen molar-refractivity contribution in [2.75, 3.05) is 37.2 Å². The Bertz CT molecular complexity index is 4270. The van der Waals surface area contributed by atoms with Crippen LogP contribution in [0.5, 0.6) is 0 Å². The van der Waals surface area contributed by atoms with E-state index in [2.05, 4.69) is 92.2 Å². The van der Waals surface area contributed by atoms with Crippen molar-refractivity contribution in [1.82, 2.24) is 38.2 Å². The summed E-state index contributed by atoms with van der Waals surface area (Å²) in [6.07, 6.45) is -3.12. The molecule has 3 saturated heterocycles. The van der Waals surface area contributed by atoms with Crippen molar-refractivity contribution < 1.29 is 36.9 Å². The molecule has 0 unspecified atom stereocenters. The summed E-state index contributed by atoms with van der Waals surface area (Å²) in [4.78, 5) is 54.8. The molecule has 0 aliphatic carbocycles. The maximum Gasteiger partial charge on any atom is 0.327 e. The van der Waals surface area contributed by atoms with Gasteiger partial charge in [0.1, 0.15) is 36.6 Å². The van der Waals surface area contributed by atoms with Gasteiger partial charge in [-0.05, 0) is 63.3 Å². The van der Waals surface area contributed by atoms with Crippen LogP contribution < -0.4 is 20.9 Å². The topological polar surface area (TPSA) is 186 Å². The monoisotopic (exact) mass is 1310 g/mol. The Kier molecular flexibility index (Phi) is 18.7. The molecule has 7 heterocycles. The van der Waals surface area contributed by atoms with Crippen molar-refractivity contribution in [3.05, 3.63) is 249 Å². The van der Waals surface area contributed by atoms with Gasteiger partial charge in [-0.3, -0.25) is 32.4 Å². The molecule has 3 aliphatic rings. The van der Waals surface area contributed by atoms with Crippen molar-refractivity contribution in [3.63, 3.8) is 0 Å². The van der Waals surface area contributed by atoms with Gasteiger partial charge in [0.15, 0.2) is 43.1 Å². The first kappa shape index (κ1) is 63.9. The number of anilines is 2. The largest absolute Gasteiger partial charge is 0.408 e. The Morgan fingerprint density at radius 1 is 0.559 bits per heavy atom. The van der Waals surface area contributed by atoms with Crippen LogP contribution in [0.15, 0.2) is 204 Å². The molecule has 20 nitrogen and oxygen atoms in total. The van der Waals surface area contributed by atoms with Gasteiger partial charge in [-0.15, -0.1) is 0 Å². The number of nitrogens with zero attached hydrogens (tertiary/aromatic N) is 10. The van der Waals surface area contributed by atoms with Crippen LogP contribution >= 0.6 is 6.72 Å². The molecule has 4 aromatic heterocycles. The molecule has 93 heavy (non-hydrogen) atoms. The highest BCUT2D eigenvalue weighted by molar-refractivity contribution is 8.07. The van der Waals surface area contributed by atoms with Crippen molar-refractivity contribution in [3.8, 4) is 0 Å². The van der Waals surface area contributed by atoms with Crippen molar-refractivity contribution in [1.29, 1.82) is 0 Å². The van der Waals surface area contributed by atoms with Crippen LogP contribution in [0.1, 0.15) is 66.6 Å². The minimum Gasteiger partial charge on any atom is -0.408 e. The first-order valence-corrected chi connectivity index (χ1v) is 36.8. The highest BCUT2D eigenvalue weighted by atomic mass is 32.5. The second-order valence-electron chi connectivity index (χ2n) is 25.4. The van der Waals surface area contributed by atoms with E-state index in [0.717, 1.165) is 33.4 Å². The van der Waals surface area contributed by atoms with Crippen molar-refractivity contribution in [2.45, 2.75) is 127 Å². The summed E-state index contributed by atoms with van der Waals surface area (Å²) >= 11 is 6.28. The van der Waals surface area contributed by atoms with Crippen LogP contribution in [0.4, 0.5) is 11.9 Å². The zero-order valence-corrected chi connectivity index (χ0v) is 55.9. The molecule has 0 spiro atoms. The molecule has 23 heteroatoms. The van der Waals surface area contributed by atoms with Crippen molar-refractivity contribution in [2.24, 2.45) is 0 Å². The fourth-order valence-corrected chi connectivity index (χ4v) is 15.7. The lowest BCUT2D eigenvalue weighted by molar-refractivity contribution is -0.0740. The number of hydrogen-bond donors (Lipinski definition) is 0. The molecule has 0 saturated carbocycles. The van der Waals surface area contributed by atoms with Gasteiger partial charge < -0.3 is 42.2 Å². The first-order chi connectivity index (χ1) is 45.0. The quantitative estimate of drug-likeness (QED) is 0.0434. The number of imidazole rings is 2. The van der Waals surface area contributed by atoms with E-state index in [4.69, 9.17) is 68.7 Å². The van der Waals surface area contributed by atoms with Gasteiger partial charge in [0.2, 0.25) is 11.9 Å². The highest BCUT2D eigenvalue weighted by Crippen LogP contribution is 2.58. The van der Waals surface area contributed by atoms with E-state index in [0.29, 0.717) is 49.4 Å². The Hall–Kier alpha value is -7.83. The number of rotatable bonds is 23. The van der Waals surface area contributed by atoms with Gasteiger partial charge in [0, 0.05) is 40.4 Å². The summed E-state index contributed by atoms with van der Waals surface area (Å²) < 4.78 is 60.9. The minimum atomic E-state index is -3.62. The van der Waals surface area contributed by atoms with E-state index in [-0.39, 0.29) is 53.5 Å². The molecule has 0 N–H and O–H groups in total. The normalized spacial score (nSPS) is 22.4. The average Bonchev–Trinajstić information content (AvgIpc) is 1.63. The van der Waals surface area contributed by atoms with Crippen LogP contribution in [0.2, 0.25) is 18.1 Å². The lowest BCUT2D eigenvalue weighted by atomic mass is 10.1. The Morgan fingerprint density at radius 2 is 0.946 bits per heavy atom. The van der Waals surface area contributed by atoms with Gasteiger partial charge in [-0.25, -0.2) is 9.97 Å². The number of ether oxygens (including phenoxy) is 4. The predicted molar refractivity (Wildman–Crippen MR) is 363 cm³/mol. The van der Waals surface area contributed by atoms with Crippen LogP contribution in [0, 0.1) is 0 Å². The number of methoxy groups -OCH3 is 2. The fourth-order valence-electron chi connectivity index (χ4n) is 12.3. The van der Waals surface area contributed by atoms with E-state index < -0.39 is 64.1 Å². The summed E-state index contributed by atoms with van der Waals surface area (Å²) in [5.74, 6) is 0.908. The van der Waals surface area contributed by atoms with Crippen LogP contribution in [0.25, 0.3) is 22.3 Å². The summed E-state index contributed by atoms with van der Waals surface area (Å²) in [7, 11) is 0.610. The smallest absolute Gasteiger partial charge is 0.327 e. The summed E-state index contributed by atoms with van der Waals surface area (Å²) in [5, 5.41) is -0.220. The van der Waals surface area contributed by atoms with Gasteiger partial charge in [-0.2, -0.15) is 9.97 Å². The zero-order chi connectivity index (χ0) is 64.4. The van der Waals surface area contributed by atoms with E-state index in [9.17, 15) is 0 Å². The molecule has 0 bridgehead atoms.